The monoisotopic (exact) mass is 462 g/mol. The number of halogens is 2. The first-order chi connectivity index (χ1) is 14.7. The van der Waals surface area contributed by atoms with Gasteiger partial charge in [-0.25, -0.2) is 12.8 Å². The van der Waals surface area contributed by atoms with Gasteiger partial charge in [0.25, 0.3) is 10.0 Å². The second-order valence-electron chi connectivity index (χ2n) is 6.67. The Morgan fingerprint density at radius 1 is 1.06 bits per heavy atom. The maximum absolute atomic E-state index is 13.4. The summed E-state index contributed by atoms with van der Waals surface area (Å²) in [6.07, 6.45) is 0. The summed E-state index contributed by atoms with van der Waals surface area (Å²) in [6.45, 7) is 1.26. The lowest BCUT2D eigenvalue weighted by Gasteiger charge is -2.24. The van der Waals surface area contributed by atoms with E-state index in [4.69, 9.17) is 16.3 Å². The fraction of sp³-hybridized carbons (Fsp3) is 0.136. The van der Waals surface area contributed by atoms with Crippen molar-refractivity contribution in [2.24, 2.45) is 0 Å². The molecule has 0 saturated carbocycles. The first kappa shape index (κ1) is 22.6. The Morgan fingerprint density at radius 3 is 2.29 bits per heavy atom. The molecule has 0 radical (unpaired) electrons. The highest BCUT2D eigenvalue weighted by atomic mass is 35.5. The summed E-state index contributed by atoms with van der Waals surface area (Å²) in [5, 5.41) is 3.21. The summed E-state index contributed by atoms with van der Waals surface area (Å²) in [7, 11) is -2.65. The van der Waals surface area contributed by atoms with Crippen LogP contribution in [0, 0.1) is 12.7 Å². The van der Waals surface area contributed by atoms with Crippen LogP contribution >= 0.6 is 11.6 Å². The van der Waals surface area contributed by atoms with Gasteiger partial charge < -0.3 is 10.1 Å². The highest BCUT2D eigenvalue weighted by Crippen LogP contribution is 2.26. The number of ether oxygens (including phenoxy) is 1. The van der Waals surface area contributed by atoms with E-state index in [2.05, 4.69) is 5.32 Å². The van der Waals surface area contributed by atoms with E-state index in [0.29, 0.717) is 16.5 Å². The highest BCUT2D eigenvalue weighted by molar-refractivity contribution is 7.92. The van der Waals surface area contributed by atoms with Crippen LogP contribution in [0.25, 0.3) is 0 Å². The summed E-state index contributed by atoms with van der Waals surface area (Å²) < 4.78 is 46.0. The first-order valence-electron chi connectivity index (χ1n) is 9.19. The van der Waals surface area contributed by atoms with Gasteiger partial charge in [0, 0.05) is 10.7 Å². The van der Waals surface area contributed by atoms with Gasteiger partial charge in [-0.3, -0.25) is 9.10 Å². The van der Waals surface area contributed by atoms with Gasteiger partial charge in [-0.05, 0) is 79.2 Å². The lowest BCUT2D eigenvalue weighted by atomic mass is 10.2. The number of methoxy groups -OCH3 is 1. The van der Waals surface area contributed by atoms with Crippen LogP contribution in [0.2, 0.25) is 5.02 Å². The van der Waals surface area contributed by atoms with Crippen LogP contribution < -0.4 is 14.4 Å². The molecule has 6 nitrogen and oxygen atoms in total. The number of carbonyl (C=O) groups excluding carboxylic acids is 1. The Hall–Kier alpha value is -3.10. The topological polar surface area (TPSA) is 75.7 Å². The van der Waals surface area contributed by atoms with Crippen molar-refractivity contribution in [1.29, 1.82) is 0 Å². The number of benzene rings is 3. The zero-order chi connectivity index (χ0) is 22.6. The van der Waals surface area contributed by atoms with E-state index in [0.717, 1.165) is 22.0 Å². The second-order valence-corrected chi connectivity index (χ2v) is 8.97. The zero-order valence-electron chi connectivity index (χ0n) is 16.8. The zero-order valence-corrected chi connectivity index (χ0v) is 18.4. The van der Waals surface area contributed by atoms with Crippen molar-refractivity contribution in [3.05, 3.63) is 83.1 Å². The third kappa shape index (κ3) is 5.34. The van der Waals surface area contributed by atoms with Crippen LogP contribution in [-0.2, 0) is 14.8 Å². The number of carbonyl (C=O) groups is 1. The summed E-state index contributed by atoms with van der Waals surface area (Å²) in [5.74, 6) is -0.596. The molecule has 0 spiro atoms. The van der Waals surface area contributed by atoms with Crippen molar-refractivity contribution in [3.63, 3.8) is 0 Å². The molecule has 3 aromatic carbocycles. The number of amides is 1. The maximum atomic E-state index is 13.4. The normalized spacial score (nSPS) is 11.1. The highest BCUT2D eigenvalue weighted by Gasteiger charge is 2.27. The molecule has 0 unspecified atom stereocenters. The molecule has 0 aromatic heterocycles. The molecule has 162 valence electrons. The van der Waals surface area contributed by atoms with Gasteiger partial charge in [0.05, 0.1) is 17.7 Å². The SMILES string of the molecule is COc1ccc(S(=O)(=O)N(CC(=O)Nc2ccc(Cl)cc2C)c2ccc(F)cc2)cc1. The predicted octanol–water partition coefficient (Wildman–Crippen LogP) is 4.63. The van der Waals surface area contributed by atoms with E-state index in [1.54, 1.807) is 25.1 Å². The van der Waals surface area contributed by atoms with Crippen LogP contribution in [0.3, 0.4) is 0 Å². The smallest absolute Gasteiger partial charge is 0.264 e. The molecule has 0 heterocycles. The van der Waals surface area contributed by atoms with E-state index in [1.807, 2.05) is 0 Å². The van der Waals surface area contributed by atoms with Crippen molar-refractivity contribution in [2.75, 3.05) is 23.3 Å². The molecule has 0 atom stereocenters. The Kier molecular flexibility index (Phi) is 6.82. The first-order valence-corrected chi connectivity index (χ1v) is 11.0. The van der Waals surface area contributed by atoms with Crippen LogP contribution in [-0.4, -0.2) is 28.0 Å². The number of nitrogens with zero attached hydrogens (tertiary/aromatic N) is 1. The predicted molar refractivity (Wildman–Crippen MR) is 119 cm³/mol. The van der Waals surface area contributed by atoms with Crippen molar-refractivity contribution < 1.29 is 22.3 Å². The molecule has 0 fully saturated rings. The summed E-state index contributed by atoms with van der Waals surface area (Å²) in [4.78, 5) is 12.7. The van der Waals surface area contributed by atoms with Gasteiger partial charge in [-0.15, -0.1) is 0 Å². The van der Waals surface area contributed by atoms with Crippen molar-refractivity contribution >= 4 is 38.9 Å². The van der Waals surface area contributed by atoms with Gasteiger partial charge in [0.15, 0.2) is 0 Å². The molecule has 0 aliphatic rings. The third-order valence-corrected chi connectivity index (χ3v) is 6.53. The summed E-state index contributed by atoms with van der Waals surface area (Å²) in [5.41, 5.74) is 1.39. The number of hydrogen-bond acceptors (Lipinski definition) is 4. The lowest BCUT2D eigenvalue weighted by Crippen LogP contribution is -2.38. The minimum atomic E-state index is -4.12. The number of hydrogen-bond donors (Lipinski definition) is 1. The molecule has 9 heteroatoms. The summed E-state index contributed by atoms with van der Waals surface area (Å²) in [6, 6.07) is 15.6. The van der Waals surface area contributed by atoms with E-state index >= 15 is 0 Å². The molecule has 0 bridgehead atoms. The van der Waals surface area contributed by atoms with E-state index < -0.39 is 28.3 Å². The quantitative estimate of drug-likeness (QED) is 0.555. The largest absolute Gasteiger partial charge is 0.497 e. The Labute approximate surface area is 185 Å². The number of aryl methyl sites for hydroxylation is 1. The molecule has 0 aliphatic carbocycles. The minimum absolute atomic E-state index is 0.0342. The van der Waals surface area contributed by atoms with Gasteiger partial charge >= 0.3 is 0 Å². The van der Waals surface area contributed by atoms with Crippen LogP contribution in [0.5, 0.6) is 5.75 Å². The van der Waals surface area contributed by atoms with Crippen LogP contribution in [0.4, 0.5) is 15.8 Å². The van der Waals surface area contributed by atoms with Crippen molar-refractivity contribution in [3.8, 4) is 5.75 Å². The van der Waals surface area contributed by atoms with E-state index in [1.165, 1.54) is 43.5 Å². The minimum Gasteiger partial charge on any atom is -0.497 e. The van der Waals surface area contributed by atoms with E-state index in [9.17, 15) is 17.6 Å². The third-order valence-electron chi connectivity index (χ3n) is 4.51. The molecule has 1 amide bonds. The molecule has 3 aromatic rings. The van der Waals surface area contributed by atoms with Gasteiger partial charge in [-0.1, -0.05) is 11.6 Å². The molecular weight excluding hydrogens is 443 g/mol. The molecule has 3 rings (SSSR count). The fourth-order valence-electron chi connectivity index (χ4n) is 2.88. The standard InChI is InChI=1S/C22H20ClFN2O4S/c1-15-13-16(23)3-12-21(15)25-22(27)14-26(18-6-4-17(24)5-7-18)31(28,29)20-10-8-19(30-2)9-11-20/h3-13H,14H2,1-2H3,(H,25,27). The average Bonchev–Trinajstić information content (AvgIpc) is 2.75. The second kappa shape index (κ2) is 9.36. The Bertz CT molecular complexity index is 1180. The summed E-state index contributed by atoms with van der Waals surface area (Å²) >= 11 is 5.94. The van der Waals surface area contributed by atoms with Crippen LogP contribution in [0.15, 0.2) is 71.6 Å². The van der Waals surface area contributed by atoms with Gasteiger partial charge in [0.1, 0.15) is 18.1 Å². The number of rotatable bonds is 7. The fourth-order valence-corrected chi connectivity index (χ4v) is 4.53. The lowest BCUT2D eigenvalue weighted by molar-refractivity contribution is -0.114. The molecule has 1 N–H and O–H groups in total. The molecule has 0 saturated heterocycles. The van der Waals surface area contributed by atoms with Gasteiger partial charge in [0.2, 0.25) is 5.91 Å². The van der Waals surface area contributed by atoms with Crippen LogP contribution in [0.1, 0.15) is 5.56 Å². The molecule has 31 heavy (non-hydrogen) atoms. The Morgan fingerprint density at radius 2 is 1.71 bits per heavy atom. The van der Waals surface area contributed by atoms with E-state index in [-0.39, 0.29) is 10.6 Å². The Balaban J connectivity index is 1.94. The van der Waals surface area contributed by atoms with Crippen molar-refractivity contribution in [2.45, 2.75) is 11.8 Å². The van der Waals surface area contributed by atoms with Gasteiger partial charge in [-0.2, -0.15) is 0 Å². The molecular formula is C22H20ClFN2O4S. The number of nitrogens with one attached hydrogen (secondary N) is 1. The van der Waals surface area contributed by atoms with Crippen molar-refractivity contribution in [1.82, 2.24) is 0 Å². The molecule has 0 aliphatic heterocycles. The number of sulfonamides is 1. The average molecular weight is 463 g/mol. The maximum Gasteiger partial charge on any atom is 0.264 e. The number of anilines is 2.